The minimum Gasteiger partial charge on any atom is -0.375 e. The molecule has 1 amide bonds. The number of hydrogen-bond acceptors (Lipinski definition) is 2. The van der Waals surface area contributed by atoms with Crippen LogP contribution < -0.4 is 9.80 Å². The van der Waals surface area contributed by atoms with Gasteiger partial charge in [-0.05, 0) is 62.8 Å². The van der Waals surface area contributed by atoms with Crippen molar-refractivity contribution in [3.63, 3.8) is 0 Å². The number of carbonyl (C=O) groups excluding carboxylic acids is 1. The third kappa shape index (κ3) is 4.64. The number of amides is 1. The molecule has 148 valence electrons. The summed E-state index contributed by atoms with van der Waals surface area (Å²) in [6.45, 7) is 5.18. The number of benzene rings is 2. The van der Waals surface area contributed by atoms with Crippen LogP contribution in [-0.4, -0.2) is 26.5 Å². The molecule has 1 fully saturated rings. The molecular weight excluding hydrogens is 344 g/mol. The fraction of sp³-hybridized carbons (Fsp3) is 0.400. The maximum atomic E-state index is 13.6. The number of rotatable bonds is 7. The largest absolute Gasteiger partial charge is 0.375 e. The molecule has 1 aliphatic carbocycles. The van der Waals surface area contributed by atoms with Crippen LogP contribution in [0.15, 0.2) is 72.8 Å². The monoisotopic (exact) mass is 376 g/mol. The summed E-state index contributed by atoms with van der Waals surface area (Å²) in [4.78, 5) is 17.7. The molecule has 0 N–H and O–H groups in total. The van der Waals surface area contributed by atoms with Crippen molar-refractivity contribution in [2.45, 2.75) is 38.5 Å². The number of para-hydroxylation sites is 2. The first-order valence-corrected chi connectivity index (χ1v) is 10.3. The van der Waals surface area contributed by atoms with Gasteiger partial charge >= 0.3 is 0 Å². The van der Waals surface area contributed by atoms with Gasteiger partial charge in [0.2, 0.25) is 5.91 Å². The smallest absolute Gasteiger partial charge is 0.233 e. The van der Waals surface area contributed by atoms with Crippen molar-refractivity contribution in [1.82, 2.24) is 0 Å². The number of nitrogens with zero attached hydrogens (tertiary/aromatic N) is 2. The van der Waals surface area contributed by atoms with E-state index in [2.05, 4.69) is 42.8 Å². The summed E-state index contributed by atoms with van der Waals surface area (Å²) < 4.78 is 0. The van der Waals surface area contributed by atoms with Crippen molar-refractivity contribution < 1.29 is 4.79 Å². The summed E-state index contributed by atoms with van der Waals surface area (Å²) in [5.74, 6) is 0.238. The first kappa shape index (κ1) is 20.2. The normalized spacial score (nSPS) is 19.3. The molecule has 0 spiro atoms. The Bertz CT molecular complexity index is 787. The van der Waals surface area contributed by atoms with E-state index in [0.29, 0.717) is 0 Å². The number of allylic oxidation sites excluding steroid dienone is 1. The number of hydrogen-bond donors (Lipinski definition) is 0. The molecule has 0 heterocycles. The molecule has 0 saturated heterocycles. The molecule has 1 unspecified atom stereocenters. The van der Waals surface area contributed by atoms with Gasteiger partial charge in [0.15, 0.2) is 0 Å². The van der Waals surface area contributed by atoms with Crippen molar-refractivity contribution in [2.24, 2.45) is 5.41 Å². The molecule has 3 rings (SSSR count). The molecule has 0 radical (unpaired) electrons. The highest BCUT2D eigenvalue weighted by Crippen LogP contribution is 2.44. The third-order valence-electron chi connectivity index (χ3n) is 6.02. The zero-order valence-corrected chi connectivity index (χ0v) is 17.2. The molecule has 1 saturated carbocycles. The van der Waals surface area contributed by atoms with Gasteiger partial charge in [0.1, 0.15) is 0 Å². The Hall–Kier alpha value is -2.55. The molecule has 3 nitrogen and oxygen atoms in total. The molecule has 2 aromatic rings. The van der Waals surface area contributed by atoms with Crippen LogP contribution in [0.3, 0.4) is 0 Å². The van der Waals surface area contributed by atoms with Crippen LogP contribution in [-0.2, 0) is 4.79 Å². The maximum absolute atomic E-state index is 13.6. The van der Waals surface area contributed by atoms with Crippen molar-refractivity contribution in [3.8, 4) is 0 Å². The summed E-state index contributed by atoms with van der Waals surface area (Å²) in [5, 5.41) is 0. The van der Waals surface area contributed by atoms with E-state index < -0.39 is 0 Å². The summed E-state index contributed by atoms with van der Waals surface area (Å²) in [7, 11) is 4.03. The van der Waals surface area contributed by atoms with Gasteiger partial charge in [-0.25, -0.2) is 0 Å². The van der Waals surface area contributed by atoms with Gasteiger partial charge in [0.25, 0.3) is 0 Å². The summed E-state index contributed by atoms with van der Waals surface area (Å²) in [5.41, 5.74) is 3.08. The second kappa shape index (κ2) is 9.09. The lowest BCUT2D eigenvalue weighted by Gasteiger charge is -2.40. The van der Waals surface area contributed by atoms with Gasteiger partial charge in [-0.1, -0.05) is 48.6 Å². The second-order valence-corrected chi connectivity index (χ2v) is 8.12. The van der Waals surface area contributed by atoms with Gasteiger partial charge in [0, 0.05) is 32.0 Å². The first-order valence-electron chi connectivity index (χ1n) is 10.3. The zero-order chi connectivity index (χ0) is 20.0. The molecule has 1 aliphatic rings. The van der Waals surface area contributed by atoms with E-state index in [4.69, 9.17) is 0 Å². The lowest BCUT2D eigenvalue weighted by Crippen LogP contribution is -2.44. The Morgan fingerprint density at radius 1 is 1.00 bits per heavy atom. The Morgan fingerprint density at radius 2 is 1.61 bits per heavy atom. The molecule has 28 heavy (non-hydrogen) atoms. The number of anilines is 2. The minimum atomic E-state index is -0.322. The van der Waals surface area contributed by atoms with E-state index in [0.717, 1.165) is 50.8 Å². The Balaban J connectivity index is 1.71. The SMILES string of the molecule is C=C1CCCC(CCCN(C)c2ccccc2)(C(=O)N(C)c2ccccc2)C1. The average molecular weight is 377 g/mol. The Labute approximate surface area is 169 Å². The van der Waals surface area contributed by atoms with Crippen molar-refractivity contribution in [2.75, 3.05) is 30.4 Å². The summed E-state index contributed by atoms with van der Waals surface area (Å²) >= 11 is 0. The minimum absolute atomic E-state index is 0.238. The lowest BCUT2D eigenvalue weighted by atomic mass is 9.68. The summed E-state index contributed by atoms with van der Waals surface area (Å²) in [6, 6.07) is 20.4. The van der Waals surface area contributed by atoms with Crippen LogP contribution in [0.1, 0.15) is 38.5 Å². The topological polar surface area (TPSA) is 23.6 Å². The fourth-order valence-electron chi connectivity index (χ4n) is 4.43. The quantitative estimate of drug-likeness (QED) is 0.580. The van der Waals surface area contributed by atoms with E-state index in [1.807, 2.05) is 48.3 Å². The molecular formula is C25H32N2O. The van der Waals surface area contributed by atoms with Crippen molar-refractivity contribution >= 4 is 17.3 Å². The van der Waals surface area contributed by atoms with Crippen LogP contribution >= 0.6 is 0 Å². The van der Waals surface area contributed by atoms with Crippen LogP contribution in [0, 0.1) is 5.41 Å². The highest BCUT2D eigenvalue weighted by atomic mass is 16.2. The van der Waals surface area contributed by atoms with Gasteiger partial charge in [-0.2, -0.15) is 0 Å². The van der Waals surface area contributed by atoms with E-state index in [9.17, 15) is 4.79 Å². The Kier molecular flexibility index (Phi) is 6.56. The Morgan fingerprint density at radius 3 is 2.21 bits per heavy atom. The number of carbonyl (C=O) groups is 1. The van der Waals surface area contributed by atoms with Crippen LogP contribution in [0.4, 0.5) is 11.4 Å². The van der Waals surface area contributed by atoms with Gasteiger partial charge < -0.3 is 9.80 Å². The standard InChI is InChI=1S/C25H32N2O/c1-21-12-10-17-25(20-21,24(28)27(3)23-15-8-5-9-16-23)18-11-19-26(2)22-13-6-4-7-14-22/h4-9,13-16H,1,10-12,17-20H2,2-3H3. The van der Waals surface area contributed by atoms with Gasteiger partial charge in [0.05, 0.1) is 5.41 Å². The van der Waals surface area contributed by atoms with Gasteiger partial charge in [-0.3, -0.25) is 4.79 Å². The van der Waals surface area contributed by atoms with Crippen LogP contribution in [0.2, 0.25) is 0 Å². The van der Waals surface area contributed by atoms with Crippen molar-refractivity contribution in [1.29, 1.82) is 0 Å². The predicted octanol–water partition coefficient (Wildman–Crippen LogP) is 5.68. The van der Waals surface area contributed by atoms with Crippen molar-refractivity contribution in [3.05, 3.63) is 72.8 Å². The van der Waals surface area contributed by atoms with E-state index >= 15 is 0 Å². The van der Waals surface area contributed by atoms with Crippen LogP contribution in [0.25, 0.3) is 0 Å². The predicted molar refractivity (Wildman–Crippen MR) is 119 cm³/mol. The average Bonchev–Trinajstić information content (AvgIpc) is 2.74. The van der Waals surface area contributed by atoms with E-state index in [-0.39, 0.29) is 11.3 Å². The first-order chi connectivity index (χ1) is 13.5. The highest BCUT2D eigenvalue weighted by Gasteiger charge is 2.42. The van der Waals surface area contributed by atoms with Gasteiger partial charge in [-0.15, -0.1) is 0 Å². The molecule has 0 bridgehead atoms. The highest BCUT2D eigenvalue weighted by molar-refractivity contribution is 5.97. The fourth-order valence-corrected chi connectivity index (χ4v) is 4.43. The van der Waals surface area contributed by atoms with E-state index in [1.54, 1.807) is 0 Å². The molecule has 0 aromatic heterocycles. The maximum Gasteiger partial charge on any atom is 0.233 e. The molecule has 3 heteroatoms. The molecule has 1 atom stereocenters. The summed E-state index contributed by atoms with van der Waals surface area (Å²) in [6.07, 6.45) is 5.77. The molecule has 0 aliphatic heterocycles. The second-order valence-electron chi connectivity index (χ2n) is 8.12. The molecule has 2 aromatic carbocycles. The lowest BCUT2D eigenvalue weighted by molar-refractivity contribution is -0.129. The third-order valence-corrected chi connectivity index (χ3v) is 6.02. The zero-order valence-electron chi connectivity index (χ0n) is 17.2. The van der Waals surface area contributed by atoms with E-state index in [1.165, 1.54) is 11.3 Å². The van der Waals surface area contributed by atoms with Crippen LogP contribution in [0.5, 0.6) is 0 Å².